The summed E-state index contributed by atoms with van der Waals surface area (Å²) in [6.45, 7) is 1.95. The smallest absolute Gasteiger partial charge is 0.338 e. The highest BCUT2D eigenvalue weighted by Gasteiger charge is 2.14. The summed E-state index contributed by atoms with van der Waals surface area (Å²) >= 11 is 0. The Hall–Kier alpha value is -3.94. The van der Waals surface area contributed by atoms with Crippen LogP contribution in [0.5, 0.6) is 0 Å². The lowest BCUT2D eigenvalue weighted by molar-refractivity contribution is -0.125. The molecule has 152 valence electrons. The van der Waals surface area contributed by atoms with Crippen molar-refractivity contribution in [1.29, 1.82) is 0 Å². The predicted molar refractivity (Wildman–Crippen MR) is 109 cm³/mol. The number of aromatic nitrogens is 3. The molecule has 0 saturated heterocycles. The van der Waals surface area contributed by atoms with Crippen molar-refractivity contribution in [1.82, 2.24) is 20.3 Å². The number of hydrogen-bond acceptors (Lipinski definition) is 6. The summed E-state index contributed by atoms with van der Waals surface area (Å²) in [5.41, 5.74) is 3.11. The van der Waals surface area contributed by atoms with Gasteiger partial charge in [0.15, 0.2) is 6.61 Å². The molecule has 30 heavy (non-hydrogen) atoms. The third-order valence-electron chi connectivity index (χ3n) is 4.62. The number of amides is 1. The zero-order valence-electron chi connectivity index (χ0n) is 16.3. The lowest BCUT2D eigenvalue weighted by Gasteiger charge is -2.11. The van der Waals surface area contributed by atoms with E-state index in [4.69, 9.17) is 9.15 Å². The normalized spacial score (nSPS) is 11.9. The fourth-order valence-electron chi connectivity index (χ4n) is 3.06. The molecule has 1 N–H and O–H groups in total. The van der Waals surface area contributed by atoms with Crippen molar-refractivity contribution in [2.45, 2.75) is 19.5 Å². The summed E-state index contributed by atoms with van der Waals surface area (Å²) in [5.74, 6) is -0.332. The van der Waals surface area contributed by atoms with Gasteiger partial charge in [-0.3, -0.25) is 4.79 Å². The van der Waals surface area contributed by atoms with Gasteiger partial charge in [-0.1, -0.05) is 29.5 Å². The van der Waals surface area contributed by atoms with Gasteiger partial charge in [0, 0.05) is 0 Å². The molecular weight excluding hydrogens is 384 g/mol. The molecule has 0 saturated carbocycles. The van der Waals surface area contributed by atoms with Crippen LogP contribution in [0.25, 0.3) is 11.0 Å². The summed E-state index contributed by atoms with van der Waals surface area (Å²) < 4.78 is 12.1. The summed E-state index contributed by atoms with van der Waals surface area (Å²) in [5, 5.41) is 11.0. The van der Waals surface area contributed by atoms with E-state index in [9.17, 15) is 9.59 Å². The van der Waals surface area contributed by atoms with Crippen LogP contribution in [0.1, 0.15) is 34.6 Å². The minimum atomic E-state index is -0.562. The molecule has 1 atom stereocenters. The number of furan rings is 1. The van der Waals surface area contributed by atoms with E-state index < -0.39 is 11.9 Å². The van der Waals surface area contributed by atoms with E-state index in [1.807, 2.05) is 36.4 Å². The van der Waals surface area contributed by atoms with Crippen LogP contribution in [0.3, 0.4) is 0 Å². The lowest BCUT2D eigenvalue weighted by atomic mass is 10.1. The number of fused-ring (bicyclic) bond motifs is 1. The van der Waals surface area contributed by atoms with Crippen LogP contribution in [0, 0.1) is 0 Å². The van der Waals surface area contributed by atoms with E-state index in [0.717, 1.165) is 16.6 Å². The molecule has 0 unspecified atom stereocenters. The van der Waals surface area contributed by atoms with E-state index >= 15 is 0 Å². The van der Waals surface area contributed by atoms with E-state index in [0.29, 0.717) is 17.9 Å². The van der Waals surface area contributed by atoms with Crippen LogP contribution in [-0.2, 0) is 16.1 Å². The van der Waals surface area contributed by atoms with E-state index in [1.165, 1.54) is 6.26 Å². The predicted octanol–water partition coefficient (Wildman–Crippen LogP) is 3.11. The van der Waals surface area contributed by atoms with Crippen molar-refractivity contribution in [3.8, 4) is 0 Å². The van der Waals surface area contributed by atoms with Crippen LogP contribution < -0.4 is 5.32 Å². The molecular formula is C22H20N4O4. The molecule has 0 bridgehead atoms. The Bertz CT molecular complexity index is 1150. The van der Waals surface area contributed by atoms with Crippen LogP contribution in [0.15, 0.2) is 71.3 Å². The first-order chi connectivity index (χ1) is 14.6. The van der Waals surface area contributed by atoms with E-state index in [1.54, 1.807) is 35.9 Å². The monoisotopic (exact) mass is 404 g/mol. The molecule has 0 fully saturated rings. The molecule has 8 heteroatoms. The maximum atomic E-state index is 12.2. The minimum Gasteiger partial charge on any atom is -0.467 e. The molecule has 0 aliphatic heterocycles. The Morgan fingerprint density at radius 1 is 1.10 bits per heavy atom. The second-order valence-electron chi connectivity index (χ2n) is 6.81. The molecule has 2 aromatic heterocycles. The molecule has 0 aliphatic rings. The average molecular weight is 404 g/mol. The number of carbonyl (C=O) groups is 2. The van der Waals surface area contributed by atoms with E-state index in [-0.39, 0.29) is 12.6 Å². The summed E-state index contributed by atoms with van der Waals surface area (Å²) in [4.78, 5) is 24.2. The molecule has 2 heterocycles. The Kier molecular flexibility index (Phi) is 5.56. The maximum absolute atomic E-state index is 12.2. The SMILES string of the molecule is C[C@H](NC(=O)COC(=O)c1ccc(Cn2nnc3ccccc32)cc1)c1ccco1. The summed E-state index contributed by atoms with van der Waals surface area (Å²) in [6.07, 6.45) is 1.53. The number of rotatable bonds is 7. The van der Waals surface area contributed by atoms with Gasteiger partial charge >= 0.3 is 5.97 Å². The zero-order chi connectivity index (χ0) is 20.9. The standard InChI is InChI=1S/C22H20N4O4/c1-15(20-7-4-12-29-20)23-21(27)14-30-22(28)17-10-8-16(9-11-17)13-26-19-6-3-2-5-18(19)24-25-26/h2-12,15H,13-14H2,1H3,(H,23,27)/t15-/m0/s1. The highest BCUT2D eigenvalue weighted by atomic mass is 16.5. The van der Waals surface area contributed by atoms with Gasteiger partial charge in [0.1, 0.15) is 11.3 Å². The Morgan fingerprint density at radius 3 is 2.67 bits per heavy atom. The van der Waals surface area contributed by atoms with Crippen molar-refractivity contribution in [3.63, 3.8) is 0 Å². The van der Waals surface area contributed by atoms with Crippen molar-refractivity contribution in [2.24, 2.45) is 0 Å². The lowest BCUT2D eigenvalue weighted by Crippen LogP contribution is -2.30. The number of carbonyl (C=O) groups excluding carboxylic acids is 2. The van der Waals surface area contributed by atoms with Gasteiger partial charge in [-0.25, -0.2) is 9.48 Å². The largest absolute Gasteiger partial charge is 0.467 e. The number of benzene rings is 2. The molecule has 0 radical (unpaired) electrons. The minimum absolute atomic E-state index is 0.307. The highest BCUT2D eigenvalue weighted by Crippen LogP contribution is 2.14. The van der Waals surface area contributed by atoms with E-state index in [2.05, 4.69) is 15.6 Å². The second-order valence-corrected chi connectivity index (χ2v) is 6.81. The first-order valence-corrected chi connectivity index (χ1v) is 9.47. The molecule has 1 amide bonds. The molecule has 8 nitrogen and oxygen atoms in total. The van der Waals surface area contributed by atoms with Gasteiger partial charge in [-0.2, -0.15) is 0 Å². The zero-order valence-corrected chi connectivity index (χ0v) is 16.3. The van der Waals surface area contributed by atoms with Gasteiger partial charge < -0.3 is 14.5 Å². The van der Waals surface area contributed by atoms with Crippen molar-refractivity contribution < 1.29 is 18.7 Å². The first-order valence-electron chi connectivity index (χ1n) is 9.47. The molecule has 0 aliphatic carbocycles. The average Bonchev–Trinajstić information content (AvgIpc) is 3.43. The topological polar surface area (TPSA) is 99.2 Å². The fourth-order valence-corrected chi connectivity index (χ4v) is 3.06. The molecule has 2 aromatic carbocycles. The van der Waals surface area contributed by atoms with Gasteiger partial charge in [0.05, 0.1) is 29.9 Å². The summed E-state index contributed by atoms with van der Waals surface area (Å²) in [6, 6.07) is 17.9. The van der Waals surface area contributed by atoms with Crippen molar-refractivity contribution >= 4 is 22.9 Å². The number of ether oxygens (including phenoxy) is 1. The van der Waals surface area contributed by atoms with Gasteiger partial charge in [0.25, 0.3) is 5.91 Å². The van der Waals surface area contributed by atoms with Crippen LogP contribution >= 0.6 is 0 Å². The third kappa shape index (κ3) is 4.38. The maximum Gasteiger partial charge on any atom is 0.338 e. The Morgan fingerprint density at radius 2 is 1.90 bits per heavy atom. The quantitative estimate of drug-likeness (QED) is 0.475. The fraction of sp³-hybridized carbons (Fsp3) is 0.182. The Balaban J connectivity index is 1.31. The number of hydrogen-bond donors (Lipinski definition) is 1. The van der Waals surface area contributed by atoms with Gasteiger partial charge in [0.2, 0.25) is 0 Å². The van der Waals surface area contributed by atoms with Gasteiger partial charge in [-0.05, 0) is 48.9 Å². The molecule has 4 aromatic rings. The van der Waals surface area contributed by atoms with Crippen molar-refractivity contribution in [3.05, 3.63) is 83.8 Å². The van der Waals surface area contributed by atoms with Crippen LogP contribution in [0.4, 0.5) is 0 Å². The highest BCUT2D eigenvalue weighted by molar-refractivity contribution is 5.91. The van der Waals surface area contributed by atoms with Crippen molar-refractivity contribution in [2.75, 3.05) is 6.61 Å². The Labute approximate surface area is 172 Å². The molecule has 4 rings (SSSR count). The van der Waals surface area contributed by atoms with Crippen LogP contribution in [-0.4, -0.2) is 33.5 Å². The van der Waals surface area contributed by atoms with Crippen LogP contribution in [0.2, 0.25) is 0 Å². The summed E-state index contributed by atoms with van der Waals surface area (Å²) in [7, 11) is 0. The number of nitrogens with one attached hydrogen (secondary N) is 1. The second kappa shape index (κ2) is 8.60. The van der Waals surface area contributed by atoms with Gasteiger partial charge in [-0.15, -0.1) is 5.10 Å². The first kappa shape index (κ1) is 19.4. The number of para-hydroxylation sites is 1. The molecule has 0 spiro atoms. The number of nitrogens with zero attached hydrogens (tertiary/aromatic N) is 3. The number of esters is 1. The third-order valence-corrected chi connectivity index (χ3v) is 4.62.